The average Bonchev–Trinajstić information content (AvgIpc) is 2.89. The molecule has 0 radical (unpaired) electrons. The number of carbonyl (C=O) groups is 6. The van der Waals surface area contributed by atoms with Gasteiger partial charge in [-0.1, -0.05) is 12.1 Å². The number of amides is 4. The van der Waals surface area contributed by atoms with Gasteiger partial charge in [-0.2, -0.15) is 0 Å². The van der Waals surface area contributed by atoms with Crippen LogP contribution in [0.1, 0.15) is 48.0 Å². The summed E-state index contributed by atoms with van der Waals surface area (Å²) in [6, 6.07) is 4.59. The number of nitrogens with zero attached hydrogens (tertiary/aromatic N) is 1. The summed E-state index contributed by atoms with van der Waals surface area (Å²) in [5.74, 6) is -3.30. The van der Waals surface area contributed by atoms with Crippen LogP contribution in [0.15, 0.2) is 29.3 Å². The quantitative estimate of drug-likeness (QED) is 0.0484. The van der Waals surface area contributed by atoms with E-state index in [1.807, 2.05) is 0 Å². The van der Waals surface area contributed by atoms with Crippen molar-refractivity contribution in [2.75, 3.05) is 19.7 Å². The van der Waals surface area contributed by atoms with Crippen molar-refractivity contribution in [3.8, 4) is 0 Å². The number of hydrogen-bond acceptors (Lipinski definition) is 8. The number of carbonyl (C=O) groups excluding carboxylic acids is 5. The molecule has 0 spiro atoms. The lowest BCUT2D eigenvalue weighted by atomic mass is 10.1. The Morgan fingerprint density at radius 2 is 1.79 bits per heavy atom. The molecule has 0 aromatic heterocycles. The lowest BCUT2D eigenvalue weighted by Gasteiger charge is -2.18. The van der Waals surface area contributed by atoms with Gasteiger partial charge in [-0.15, -0.1) is 0 Å². The predicted molar refractivity (Wildman–Crippen MR) is 139 cm³/mol. The van der Waals surface area contributed by atoms with Crippen LogP contribution in [0.25, 0.3) is 0 Å². The summed E-state index contributed by atoms with van der Waals surface area (Å²) in [7, 11) is 0. The van der Waals surface area contributed by atoms with E-state index in [0.29, 0.717) is 31.1 Å². The van der Waals surface area contributed by atoms with Crippen molar-refractivity contribution in [3.05, 3.63) is 35.4 Å². The van der Waals surface area contributed by atoms with E-state index in [2.05, 4.69) is 20.9 Å². The maximum atomic E-state index is 12.5. The van der Waals surface area contributed by atoms with Crippen molar-refractivity contribution in [1.29, 1.82) is 0 Å². The van der Waals surface area contributed by atoms with Gasteiger partial charge >= 0.3 is 12.1 Å². The number of benzene rings is 1. The molecule has 15 heteroatoms. The molecule has 10 N–H and O–H groups in total. The van der Waals surface area contributed by atoms with E-state index in [-0.39, 0.29) is 32.0 Å². The standard InChI is InChI=1S/C24H35N7O8/c25-21(36)16-6-1-4-15(12-16)5-3-11-39-24(38)31-18(8-9-20(34)35)22(37)29-13-19(33)30-17(14-32)7-2-10-28-23(26)27/h1,4,6,12,14,17-18H,2-3,5,7-11,13H2,(H2,25,36)(H,29,37)(H,30,33)(H,31,38)(H,34,35)(H4,26,27,28). The number of aliphatic carboxylic acids is 1. The Labute approximate surface area is 224 Å². The number of carboxylic acids is 1. The number of carboxylic acid groups (broad SMARTS) is 1. The van der Waals surface area contributed by atoms with Crippen LogP contribution in [0, 0.1) is 0 Å². The van der Waals surface area contributed by atoms with E-state index in [1.165, 1.54) is 0 Å². The third kappa shape index (κ3) is 14.6. The summed E-state index contributed by atoms with van der Waals surface area (Å²) in [5.41, 5.74) is 16.9. The highest BCUT2D eigenvalue weighted by Crippen LogP contribution is 2.08. The van der Waals surface area contributed by atoms with Crippen molar-refractivity contribution in [2.24, 2.45) is 22.2 Å². The minimum atomic E-state index is -1.28. The maximum absolute atomic E-state index is 12.5. The molecule has 1 rings (SSSR count). The smallest absolute Gasteiger partial charge is 0.407 e. The predicted octanol–water partition coefficient (Wildman–Crippen LogP) is -1.47. The molecule has 1 aromatic rings. The second-order valence-electron chi connectivity index (χ2n) is 8.41. The number of nitrogens with one attached hydrogen (secondary N) is 3. The molecular weight excluding hydrogens is 514 g/mol. The maximum Gasteiger partial charge on any atom is 0.407 e. The van der Waals surface area contributed by atoms with E-state index in [0.717, 1.165) is 5.56 Å². The summed E-state index contributed by atoms with van der Waals surface area (Å²) < 4.78 is 5.07. The molecule has 214 valence electrons. The molecule has 39 heavy (non-hydrogen) atoms. The van der Waals surface area contributed by atoms with Crippen LogP contribution >= 0.6 is 0 Å². The molecule has 0 bridgehead atoms. The SMILES string of the molecule is NC(=O)c1cccc(CCCOC(=O)NC(CCC(=O)O)C(=O)NCC(=O)NC(C=O)CCCN=C(N)N)c1. The number of ether oxygens (including phenoxy) is 1. The van der Waals surface area contributed by atoms with Crippen molar-refractivity contribution in [3.63, 3.8) is 0 Å². The number of aliphatic imine (C=N–C) groups is 1. The molecule has 2 atom stereocenters. The topological polar surface area (TPSA) is 258 Å². The first-order valence-electron chi connectivity index (χ1n) is 12.1. The minimum absolute atomic E-state index is 0.0153. The molecule has 4 amide bonds. The van der Waals surface area contributed by atoms with Crippen molar-refractivity contribution in [1.82, 2.24) is 16.0 Å². The molecule has 0 fully saturated rings. The first-order chi connectivity index (χ1) is 18.5. The molecule has 0 heterocycles. The van der Waals surface area contributed by atoms with E-state index >= 15 is 0 Å². The van der Waals surface area contributed by atoms with Gasteiger partial charge in [-0.25, -0.2) is 4.79 Å². The van der Waals surface area contributed by atoms with Crippen LogP contribution in [-0.4, -0.2) is 78.9 Å². The number of alkyl carbamates (subject to hydrolysis) is 1. The van der Waals surface area contributed by atoms with Crippen molar-refractivity contribution in [2.45, 2.75) is 50.6 Å². The summed E-state index contributed by atoms with van der Waals surface area (Å²) in [5, 5.41) is 16.0. The Balaban J connectivity index is 2.52. The molecule has 1 aromatic carbocycles. The normalized spacial score (nSPS) is 11.8. The van der Waals surface area contributed by atoms with Crippen LogP contribution in [0.5, 0.6) is 0 Å². The zero-order valence-electron chi connectivity index (χ0n) is 21.4. The molecule has 2 unspecified atom stereocenters. The zero-order valence-corrected chi connectivity index (χ0v) is 21.4. The van der Waals surface area contributed by atoms with Gasteiger partial charge in [0.25, 0.3) is 0 Å². The largest absolute Gasteiger partial charge is 0.481 e. The Morgan fingerprint density at radius 3 is 2.44 bits per heavy atom. The van der Waals surface area contributed by atoms with Crippen LogP contribution in [0.3, 0.4) is 0 Å². The van der Waals surface area contributed by atoms with Gasteiger partial charge in [0.2, 0.25) is 17.7 Å². The third-order valence-corrected chi connectivity index (χ3v) is 5.21. The highest BCUT2D eigenvalue weighted by atomic mass is 16.5. The summed E-state index contributed by atoms with van der Waals surface area (Å²) >= 11 is 0. The second kappa shape index (κ2) is 17.7. The highest BCUT2D eigenvalue weighted by Gasteiger charge is 2.23. The summed E-state index contributed by atoms with van der Waals surface area (Å²) in [6.45, 7) is -0.255. The molecule has 15 nitrogen and oxygen atoms in total. The van der Waals surface area contributed by atoms with Gasteiger partial charge in [-0.3, -0.25) is 24.2 Å². The number of aryl methyl sites for hydroxylation is 1. The fourth-order valence-electron chi connectivity index (χ4n) is 3.28. The second-order valence-corrected chi connectivity index (χ2v) is 8.41. The number of primary amides is 1. The van der Waals surface area contributed by atoms with Gasteiger partial charge in [-0.05, 0) is 49.8 Å². The summed E-state index contributed by atoms with van der Waals surface area (Å²) in [4.78, 5) is 74.0. The van der Waals surface area contributed by atoms with Crippen LogP contribution in [0.4, 0.5) is 4.79 Å². The van der Waals surface area contributed by atoms with Crippen LogP contribution in [-0.2, 0) is 30.3 Å². The average molecular weight is 550 g/mol. The molecule has 0 aliphatic rings. The Hall–Kier alpha value is -4.69. The first-order valence-corrected chi connectivity index (χ1v) is 12.1. The number of hydrogen-bond donors (Lipinski definition) is 7. The summed E-state index contributed by atoms with van der Waals surface area (Å²) in [6.07, 6.45) is 0.508. The van der Waals surface area contributed by atoms with Crippen LogP contribution in [0.2, 0.25) is 0 Å². The zero-order chi connectivity index (χ0) is 29.2. The molecule has 0 aliphatic heterocycles. The minimum Gasteiger partial charge on any atom is -0.481 e. The van der Waals surface area contributed by atoms with Gasteiger partial charge in [0.1, 0.15) is 12.3 Å². The number of aldehydes is 1. The third-order valence-electron chi connectivity index (χ3n) is 5.21. The number of nitrogens with two attached hydrogens (primary N) is 3. The number of guanidine groups is 1. The molecule has 0 saturated heterocycles. The van der Waals surface area contributed by atoms with Crippen LogP contribution < -0.4 is 33.2 Å². The Kier molecular flexibility index (Phi) is 14.7. The lowest BCUT2D eigenvalue weighted by molar-refractivity contribution is -0.137. The van der Waals surface area contributed by atoms with E-state index < -0.39 is 54.8 Å². The first kappa shape index (κ1) is 32.3. The van der Waals surface area contributed by atoms with E-state index in [4.69, 9.17) is 27.0 Å². The van der Waals surface area contributed by atoms with Gasteiger partial charge in [0, 0.05) is 18.5 Å². The number of rotatable bonds is 18. The van der Waals surface area contributed by atoms with Crippen molar-refractivity contribution < 1.29 is 38.6 Å². The van der Waals surface area contributed by atoms with Gasteiger partial charge < -0.3 is 47.8 Å². The highest BCUT2D eigenvalue weighted by molar-refractivity contribution is 5.93. The fourth-order valence-corrected chi connectivity index (χ4v) is 3.28. The van der Waals surface area contributed by atoms with Gasteiger partial charge in [0.15, 0.2) is 5.96 Å². The fraction of sp³-hybridized carbons (Fsp3) is 0.458. The van der Waals surface area contributed by atoms with E-state index in [1.54, 1.807) is 24.3 Å². The van der Waals surface area contributed by atoms with E-state index in [9.17, 15) is 28.8 Å². The molecule has 0 saturated carbocycles. The Bertz CT molecular complexity index is 1040. The molecular formula is C24H35N7O8. The van der Waals surface area contributed by atoms with Crippen molar-refractivity contribution >= 4 is 42.0 Å². The lowest BCUT2D eigenvalue weighted by Crippen LogP contribution is -2.50. The monoisotopic (exact) mass is 549 g/mol. The van der Waals surface area contributed by atoms with Gasteiger partial charge in [0.05, 0.1) is 19.2 Å². The molecule has 0 aliphatic carbocycles. The Morgan fingerprint density at radius 1 is 1.05 bits per heavy atom.